The van der Waals surface area contributed by atoms with Crippen molar-refractivity contribution in [1.29, 1.82) is 0 Å². The van der Waals surface area contributed by atoms with Crippen LogP contribution in [0.15, 0.2) is 64.7 Å². The van der Waals surface area contributed by atoms with Gasteiger partial charge in [0.1, 0.15) is 24.6 Å². The Morgan fingerprint density at radius 1 is 1.12 bits per heavy atom. The second-order valence-electron chi connectivity index (χ2n) is 18.6. The van der Waals surface area contributed by atoms with Gasteiger partial charge in [-0.2, -0.15) is 13.8 Å². The van der Waals surface area contributed by atoms with Gasteiger partial charge in [-0.15, -0.1) is 11.8 Å². The average molecular weight is 915 g/mol. The quantitative estimate of drug-likeness (QED) is 0.102. The van der Waals surface area contributed by atoms with Crippen molar-refractivity contribution in [3.63, 3.8) is 0 Å². The third-order valence-electron chi connectivity index (χ3n) is 14.2. The number of ether oxygens (including phenoxy) is 3. The maximum absolute atomic E-state index is 14.8. The van der Waals surface area contributed by atoms with Gasteiger partial charge in [-0.3, -0.25) is 28.6 Å². The summed E-state index contributed by atoms with van der Waals surface area (Å²) in [5.74, 6) is -5.07. The van der Waals surface area contributed by atoms with Gasteiger partial charge in [-0.1, -0.05) is 50.3 Å². The van der Waals surface area contributed by atoms with E-state index in [1.807, 2.05) is 12.2 Å². The molecule has 1 aromatic heterocycles. The molecular formula is C46H60F2N4O11S. The SMILES string of the molecule is C=C1/C(=C\C=C2/CCC[C@@]3(C)C2CCC3[C@@H](C)/C=C/C(O)C2CC2)C[C@@H](O)C[C@@H]1OC(=O)CSC1CC(=O)N(CCCC(=O)OCC2OC(n3ccc(N)nc3=O)C(F)(F)C2O)C1=O. The summed E-state index contributed by atoms with van der Waals surface area (Å²) in [5.41, 5.74) is 7.29. The molecule has 1 aromatic rings. The summed E-state index contributed by atoms with van der Waals surface area (Å²) in [5, 5.41) is 30.6. The fourth-order valence-electron chi connectivity index (χ4n) is 10.4. The predicted octanol–water partition coefficient (Wildman–Crippen LogP) is 4.56. The number of rotatable bonds is 16. The van der Waals surface area contributed by atoms with Crippen molar-refractivity contribution in [2.75, 3.05) is 24.6 Å². The van der Waals surface area contributed by atoms with E-state index >= 15 is 0 Å². The second-order valence-corrected chi connectivity index (χ2v) is 19.8. The number of nitrogens with two attached hydrogens (primary N) is 1. The lowest BCUT2D eigenvalue weighted by Crippen LogP contribution is -2.42. The van der Waals surface area contributed by atoms with E-state index in [4.69, 9.17) is 19.9 Å². The van der Waals surface area contributed by atoms with E-state index in [2.05, 4.69) is 37.6 Å². The number of anilines is 1. The second kappa shape index (κ2) is 19.7. The van der Waals surface area contributed by atoms with Crippen molar-refractivity contribution < 1.29 is 57.5 Å². The van der Waals surface area contributed by atoms with Crippen LogP contribution in [0.4, 0.5) is 14.6 Å². The fraction of sp³-hybridized carbons (Fsp3) is 0.652. The van der Waals surface area contributed by atoms with Crippen molar-refractivity contribution in [3.05, 3.63) is 70.3 Å². The highest BCUT2D eigenvalue weighted by atomic mass is 32.2. The summed E-state index contributed by atoms with van der Waals surface area (Å²) >= 11 is 0.968. The van der Waals surface area contributed by atoms with Gasteiger partial charge >= 0.3 is 23.6 Å². The number of allylic oxidation sites excluding steroid dienone is 4. The zero-order valence-corrected chi connectivity index (χ0v) is 37.1. The molecule has 2 amide bonds. The summed E-state index contributed by atoms with van der Waals surface area (Å²) in [6, 6.07) is 1.11. The molecule has 0 bridgehead atoms. The number of imide groups is 1. The maximum atomic E-state index is 14.8. The molecule has 3 heterocycles. The van der Waals surface area contributed by atoms with Crippen molar-refractivity contribution in [2.24, 2.45) is 29.1 Å². The normalized spacial score (nSPS) is 33.9. The molecule has 4 saturated carbocycles. The van der Waals surface area contributed by atoms with E-state index in [1.165, 1.54) is 5.57 Å². The van der Waals surface area contributed by atoms with Crippen molar-refractivity contribution >= 4 is 41.3 Å². The Hall–Kier alpha value is -4.23. The van der Waals surface area contributed by atoms with E-state index < -0.39 is 77.9 Å². The molecule has 350 valence electrons. The number of esters is 2. The van der Waals surface area contributed by atoms with Crippen LogP contribution in [0, 0.1) is 29.1 Å². The molecule has 64 heavy (non-hydrogen) atoms. The van der Waals surface area contributed by atoms with E-state index in [9.17, 15) is 48.1 Å². The monoisotopic (exact) mass is 914 g/mol. The number of hydrogen-bond acceptors (Lipinski definition) is 14. The number of aliphatic hydroxyl groups excluding tert-OH is 3. The maximum Gasteiger partial charge on any atom is 0.351 e. The lowest BCUT2D eigenvalue weighted by Gasteiger charge is -2.44. The van der Waals surface area contributed by atoms with Crippen molar-refractivity contribution in [3.8, 4) is 0 Å². The number of fused-ring (bicyclic) bond motifs is 1. The minimum Gasteiger partial charge on any atom is -0.463 e. The molecular weight excluding hydrogens is 855 g/mol. The number of thioether (sulfide) groups is 1. The number of hydrogen-bond donors (Lipinski definition) is 4. The van der Waals surface area contributed by atoms with Crippen molar-refractivity contribution in [2.45, 2.75) is 139 Å². The van der Waals surface area contributed by atoms with E-state index in [0.29, 0.717) is 40.2 Å². The van der Waals surface area contributed by atoms with Crippen LogP contribution < -0.4 is 11.4 Å². The Morgan fingerprint density at radius 3 is 2.62 bits per heavy atom. The van der Waals surface area contributed by atoms with Crippen molar-refractivity contribution in [1.82, 2.24) is 14.5 Å². The van der Waals surface area contributed by atoms with Gasteiger partial charge in [0.15, 0.2) is 6.10 Å². The molecule has 7 unspecified atom stereocenters. The van der Waals surface area contributed by atoms with Gasteiger partial charge in [0.25, 0.3) is 0 Å². The van der Waals surface area contributed by atoms with Gasteiger partial charge in [-0.05, 0) is 104 Å². The first-order valence-electron chi connectivity index (χ1n) is 22.4. The van der Waals surface area contributed by atoms with E-state index in [0.717, 1.165) is 79.4 Å². The molecule has 7 rings (SSSR count). The minimum atomic E-state index is -3.93. The lowest BCUT2D eigenvalue weighted by atomic mass is 9.61. The third kappa shape index (κ3) is 10.4. The topological polar surface area (TPSA) is 221 Å². The predicted molar refractivity (Wildman–Crippen MR) is 231 cm³/mol. The van der Waals surface area contributed by atoms with Gasteiger partial charge in [-0.25, -0.2) is 4.79 Å². The Bertz CT molecular complexity index is 2120. The van der Waals surface area contributed by atoms with Crippen LogP contribution in [0.5, 0.6) is 0 Å². The largest absolute Gasteiger partial charge is 0.463 e. The van der Waals surface area contributed by atoms with Crippen LogP contribution >= 0.6 is 11.8 Å². The first kappa shape index (κ1) is 47.7. The Kier molecular flexibility index (Phi) is 14.7. The van der Waals surface area contributed by atoms with Gasteiger partial charge < -0.3 is 35.3 Å². The molecule has 18 heteroatoms. The highest BCUT2D eigenvalue weighted by molar-refractivity contribution is 8.01. The number of amides is 2. The molecule has 2 saturated heterocycles. The molecule has 2 aliphatic heterocycles. The van der Waals surface area contributed by atoms with Gasteiger partial charge in [0.05, 0.1) is 23.2 Å². The number of alkyl halides is 2. The zero-order chi connectivity index (χ0) is 46.1. The fourth-order valence-corrected chi connectivity index (χ4v) is 11.4. The smallest absolute Gasteiger partial charge is 0.351 e. The van der Waals surface area contributed by atoms with Gasteiger partial charge in [0.2, 0.25) is 18.0 Å². The number of halogens is 2. The molecule has 15 nitrogen and oxygen atoms in total. The highest BCUT2D eigenvalue weighted by Crippen LogP contribution is 2.59. The lowest BCUT2D eigenvalue weighted by molar-refractivity contribution is -0.151. The first-order valence-corrected chi connectivity index (χ1v) is 23.4. The van der Waals surface area contributed by atoms with Crippen LogP contribution in [-0.4, -0.2) is 114 Å². The molecule has 6 aliphatic rings. The van der Waals surface area contributed by atoms with Crippen LogP contribution in [-0.2, 0) is 33.4 Å². The number of carbonyl (C=O) groups excluding carboxylic acids is 4. The molecule has 5 N–H and O–H groups in total. The molecule has 6 fully saturated rings. The zero-order valence-electron chi connectivity index (χ0n) is 36.3. The highest BCUT2D eigenvalue weighted by Gasteiger charge is 2.60. The van der Waals surface area contributed by atoms with E-state index in [1.54, 1.807) is 0 Å². The van der Waals surface area contributed by atoms with Gasteiger partial charge in [0, 0.05) is 32.0 Å². The van der Waals surface area contributed by atoms with Crippen LogP contribution in [0.1, 0.15) is 97.1 Å². The van der Waals surface area contributed by atoms with Crippen LogP contribution in [0.3, 0.4) is 0 Å². The summed E-state index contributed by atoms with van der Waals surface area (Å²) in [6.45, 7) is 8.06. The Balaban J connectivity index is 0.846. The Morgan fingerprint density at radius 2 is 1.89 bits per heavy atom. The number of likely N-dealkylation sites (tertiary alicyclic amines) is 1. The number of nitrogen functional groups attached to an aromatic ring is 1. The summed E-state index contributed by atoms with van der Waals surface area (Å²) < 4.78 is 46.1. The number of carbonyl (C=O) groups is 4. The molecule has 0 aromatic carbocycles. The molecule has 11 atom stereocenters. The molecule has 4 aliphatic carbocycles. The molecule has 0 radical (unpaired) electrons. The first-order chi connectivity index (χ1) is 30.4. The third-order valence-corrected chi connectivity index (χ3v) is 15.3. The standard InChI is InChI=1S/C46H60F2N4O11S/c1-25(8-15-33(54)28-10-11-28)31-13-14-32-27(6-4-17-45(31,32)3)9-12-29-20-30(53)21-34(26(29)2)62-40(57)24-64-36-22-38(55)51(42(36)59)18-5-7-39(56)61-23-35-41(58)46(47,48)43(63-35)52-19-16-37(49)50-44(52)60/h8-9,12,15-16,19,25,28,30-36,41,43,53-54,58H,2,4-7,10-11,13-14,17-18,20-24H2,1,3H3,(H2,49,50,60)/b15-8+,27-9+,29-12-/t25-,30+,31?,32?,33?,34-,35?,36?,41?,43?,45+/m0/s1. The number of aliphatic hydroxyl groups is 3. The summed E-state index contributed by atoms with van der Waals surface area (Å²) in [4.78, 5) is 67.9. The number of aromatic nitrogens is 2. The Labute approximate surface area is 375 Å². The summed E-state index contributed by atoms with van der Waals surface area (Å²) in [6.07, 6.45) is 9.10. The molecule has 0 spiro atoms. The van der Waals surface area contributed by atoms with Crippen LogP contribution in [0.25, 0.3) is 0 Å². The summed E-state index contributed by atoms with van der Waals surface area (Å²) in [7, 11) is 0. The number of nitrogens with zero attached hydrogens (tertiary/aromatic N) is 3. The van der Waals surface area contributed by atoms with Crippen LogP contribution in [0.2, 0.25) is 0 Å². The van der Waals surface area contributed by atoms with E-state index in [-0.39, 0.29) is 55.3 Å². The average Bonchev–Trinajstić information content (AvgIpc) is 3.93. The minimum absolute atomic E-state index is 0.00284.